The highest BCUT2D eigenvalue weighted by atomic mass is 32.1. The number of esters is 1. The van der Waals surface area contributed by atoms with Crippen LogP contribution < -0.4 is 0 Å². The lowest BCUT2D eigenvalue weighted by atomic mass is 10.1. The molecule has 0 fully saturated rings. The summed E-state index contributed by atoms with van der Waals surface area (Å²) in [4.78, 5) is 11.9. The standard InChI is InChI=1S/C18H30N2O2S/c1-6-7-8-9-10-11-12-15-19-20-16(23-15)13-14(2)17(21)22-18(3,4)5/h2,6-13H2,1,3-5H3. The van der Waals surface area contributed by atoms with E-state index in [1.165, 1.54) is 32.1 Å². The van der Waals surface area contributed by atoms with Crippen LogP contribution in [0.25, 0.3) is 0 Å². The lowest BCUT2D eigenvalue weighted by Crippen LogP contribution is -2.25. The fourth-order valence-electron chi connectivity index (χ4n) is 2.12. The van der Waals surface area contributed by atoms with Crippen molar-refractivity contribution in [3.05, 3.63) is 22.2 Å². The van der Waals surface area contributed by atoms with Gasteiger partial charge in [0.15, 0.2) is 0 Å². The largest absolute Gasteiger partial charge is 0.457 e. The van der Waals surface area contributed by atoms with Gasteiger partial charge in [0.05, 0.1) is 0 Å². The Morgan fingerprint density at radius 1 is 1.09 bits per heavy atom. The number of rotatable bonds is 10. The molecule has 0 radical (unpaired) electrons. The summed E-state index contributed by atoms with van der Waals surface area (Å²) in [5, 5.41) is 10.3. The third-order valence-electron chi connectivity index (χ3n) is 3.31. The van der Waals surface area contributed by atoms with Crippen LogP contribution >= 0.6 is 11.3 Å². The Balaban J connectivity index is 2.33. The molecular formula is C18H30N2O2S. The molecule has 0 saturated carbocycles. The molecule has 1 aromatic heterocycles. The normalized spacial score (nSPS) is 11.5. The number of unbranched alkanes of at least 4 members (excludes halogenated alkanes) is 5. The van der Waals surface area contributed by atoms with Crippen molar-refractivity contribution in [1.82, 2.24) is 10.2 Å². The van der Waals surface area contributed by atoms with Crippen molar-refractivity contribution in [3.63, 3.8) is 0 Å². The second-order valence-electron chi connectivity index (χ2n) is 6.89. The maximum absolute atomic E-state index is 11.9. The molecular weight excluding hydrogens is 308 g/mol. The summed E-state index contributed by atoms with van der Waals surface area (Å²) >= 11 is 1.57. The highest BCUT2D eigenvalue weighted by Crippen LogP contribution is 2.18. The molecule has 0 bridgehead atoms. The number of hydrogen-bond acceptors (Lipinski definition) is 5. The first kappa shape index (κ1) is 19.8. The molecule has 1 aromatic rings. The van der Waals surface area contributed by atoms with Crippen molar-refractivity contribution in [2.24, 2.45) is 0 Å². The first-order valence-electron chi connectivity index (χ1n) is 8.54. The van der Waals surface area contributed by atoms with Crippen LogP contribution in [-0.2, 0) is 22.4 Å². The maximum atomic E-state index is 11.9. The average molecular weight is 339 g/mol. The zero-order valence-corrected chi connectivity index (χ0v) is 15.8. The first-order valence-corrected chi connectivity index (χ1v) is 9.36. The van der Waals surface area contributed by atoms with Crippen molar-refractivity contribution < 1.29 is 9.53 Å². The van der Waals surface area contributed by atoms with E-state index < -0.39 is 5.60 Å². The summed E-state index contributed by atoms with van der Waals surface area (Å²) in [5.41, 5.74) is -0.0634. The van der Waals surface area contributed by atoms with Crippen LogP contribution in [0.1, 0.15) is 76.2 Å². The summed E-state index contributed by atoms with van der Waals surface area (Å²) < 4.78 is 5.31. The second-order valence-corrected chi connectivity index (χ2v) is 8.04. The fraction of sp³-hybridized carbons (Fsp3) is 0.722. The monoisotopic (exact) mass is 338 g/mol. The van der Waals surface area contributed by atoms with Gasteiger partial charge in [0.1, 0.15) is 15.6 Å². The van der Waals surface area contributed by atoms with Gasteiger partial charge in [0.2, 0.25) is 0 Å². The van der Waals surface area contributed by atoms with Gasteiger partial charge < -0.3 is 4.74 Å². The Kier molecular flexibility index (Phi) is 8.45. The molecule has 0 aliphatic heterocycles. The predicted molar refractivity (Wildman–Crippen MR) is 95.7 cm³/mol. The van der Waals surface area contributed by atoms with Gasteiger partial charge >= 0.3 is 5.97 Å². The van der Waals surface area contributed by atoms with Crippen LogP contribution in [0.2, 0.25) is 0 Å². The van der Waals surface area contributed by atoms with Crippen LogP contribution in [0.15, 0.2) is 12.2 Å². The smallest absolute Gasteiger partial charge is 0.334 e. The van der Waals surface area contributed by atoms with E-state index in [4.69, 9.17) is 4.74 Å². The molecule has 0 atom stereocenters. The lowest BCUT2D eigenvalue weighted by molar-refractivity contribution is -0.149. The quantitative estimate of drug-likeness (QED) is 0.346. The van der Waals surface area contributed by atoms with Crippen molar-refractivity contribution in [3.8, 4) is 0 Å². The molecule has 0 aliphatic carbocycles. The van der Waals surface area contributed by atoms with Gasteiger partial charge in [-0.25, -0.2) is 4.79 Å². The Labute approximate surface area is 144 Å². The van der Waals surface area contributed by atoms with Gasteiger partial charge in [-0.3, -0.25) is 0 Å². The van der Waals surface area contributed by atoms with E-state index in [0.717, 1.165) is 22.9 Å². The van der Waals surface area contributed by atoms with Crippen LogP contribution in [0.4, 0.5) is 0 Å². The number of aromatic nitrogens is 2. The molecule has 4 nitrogen and oxygen atoms in total. The van der Waals surface area contributed by atoms with Crippen molar-refractivity contribution in [2.75, 3.05) is 0 Å². The van der Waals surface area contributed by atoms with Crippen molar-refractivity contribution >= 4 is 17.3 Å². The minimum absolute atomic E-state index is 0.356. The molecule has 5 heteroatoms. The van der Waals surface area contributed by atoms with E-state index in [-0.39, 0.29) is 5.97 Å². The Morgan fingerprint density at radius 3 is 2.35 bits per heavy atom. The van der Waals surface area contributed by atoms with Crippen molar-refractivity contribution in [1.29, 1.82) is 0 Å². The molecule has 1 heterocycles. The van der Waals surface area contributed by atoms with Crippen LogP contribution in [-0.4, -0.2) is 21.8 Å². The molecule has 0 amide bonds. The molecule has 0 unspecified atom stereocenters. The molecule has 1 rings (SSSR count). The lowest BCUT2D eigenvalue weighted by Gasteiger charge is -2.19. The Bertz CT molecular complexity index is 503. The SMILES string of the molecule is C=C(Cc1nnc(CCCCCCCC)s1)C(=O)OC(C)(C)C. The zero-order chi connectivity index (χ0) is 17.3. The van der Waals surface area contributed by atoms with E-state index in [1.54, 1.807) is 11.3 Å². The highest BCUT2D eigenvalue weighted by molar-refractivity contribution is 7.11. The topological polar surface area (TPSA) is 52.1 Å². The number of nitrogens with zero attached hydrogens (tertiary/aromatic N) is 2. The molecule has 0 N–H and O–H groups in total. The summed E-state index contributed by atoms with van der Waals surface area (Å²) in [7, 11) is 0. The molecule has 0 aromatic carbocycles. The maximum Gasteiger partial charge on any atom is 0.334 e. The molecule has 0 saturated heterocycles. The average Bonchev–Trinajstić information content (AvgIpc) is 2.88. The van der Waals surface area contributed by atoms with Crippen molar-refractivity contribution in [2.45, 2.75) is 84.7 Å². The van der Waals surface area contributed by atoms with E-state index in [9.17, 15) is 4.79 Å². The van der Waals surface area contributed by atoms with Gasteiger partial charge in [-0.1, -0.05) is 45.6 Å². The predicted octanol–water partition coefficient (Wildman–Crippen LogP) is 4.88. The summed E-state index contributed by atoms with van der Waals surface area (Å²) in [6, 6.07) is 0. The van der Waals surface area contributed by atoms with Gasteiger partial charge in [-0.05, 0) is 27.2 Å². The van der Waals surface area contributed by atoms with Crippen LogP contribution in [0.5, 0.6) is 0 Å². The number of carbonyl (C=O) groups excluding carboxylic acids is 1. The van der Waals surface area contributed by atoms with E-state index in [0.29, 0.717) is 12.0 Å². The van der Waals surface area contributed by atoms with E-state index in [1.807, 2.05) is 20.8 Å². The first-order chi connectivity index (χ1) is 10.8. The number of aryl methyl sites for hydroxylation is 1. The van der Waals surface area contributed by atoms with E-state index >= 15 is 0 Å². The van der Waals surface area contributed by atoms with Crippen LogP contribution in [0.3, 0.4) is 0 Å². The molecule has 23 heavy (non-hydrogen) atoms. The number of ether oxygens (including phenoxy) is 1. The minimum Gasteiger partial charge on any atom is -0.457 e. The number of carbonyl (C=O) groups is 1. The number of hydrogen-bond donors (Lipinski definition) is 0. The highest BCUT2D eigenvalue weighted by Gasteiger charge is 2.19. The van der Waals surface area contributed by atoms with Gasteiger partial charge in [-0.2, -0.15) is 0 Å². The molecule has 130 valence electrons. The summed E-state index contributed by atoms with van der Waals surface area (Å²) in [5.74, 6) is -0.356. The third-order valence-corrected chi connectivity index (χ3v) is 4.29. The Hall–Kier alpha value is -1.23. The Morgan fingerprint density at radius 2 is 1.70 bits per heavy atom. The summed E-state index contributed by atoms with van der Waals surface area (Å²) in [6.07, 6.45) is 9.04. The zero-order valence-electron chi connectivity index (χ0n) is 15.0. The van der Waals surface area contributed by atoms with Gasteiger partial charge in [0.25, 0.3) is 0 Å². The molecule has 0 spiro atoms. The summed E-state index contributed by atoms with van der Waals surface area (Å²) in [6.45, 7) is 11.6. The van der Waals surface area contributed by atoms with E-state index in [2.05, 4.69) is 23.7 Å². The minimum atomic E-state index is -0.496. The third kappa shape index (κ3) is 8.84. The fourth-order valence-corrected chi connectivity index (χ4v) is 3.05. The second kappa shape index (κ2) is 9.81. The van der Waals surface area contributed by atoms with Gasteiger partial charge in [0, 0.05) is 18.4 Å². The van der Waals surface area contributed by atoms with Crippen LogP contribution in [0, 0.1) is 0 Å². The van der Waals surface area contributed by atoms with Gasteiger partial charge in [-0.15, -0.1) is 21.5 Å². The molecule has 0 aliphatic rings.